The Balaban J connectivity index is 1.78. The number of carbonyl (C=O) groups excluding carboxylic acids is 2. The molecule has 0 spiro atoms. The van der Waals surface area contributed by atoms with Gasteiger partial charge in [0.25, 0.3) is 5.91 Å². The standard InChI is InChI=1S/C22H18ClFN4O2/c23-14-6-3-5-13(11-14)19(16-8-4-10-25-21(16)29)27-22(30)17-12-26-28-20(17)15-7-1-2-9-18(15)24/h1-3,5-7,9,11-12,16H,4,8,10H2,(H,25,29)(H,26,28)/t16-/m0/s1. The van der Waals surface area contributed by atoms with Crippen molar-refractivity contribution in [3.8, 4) is 11.3 Å². The van der Waals surface area contributed by atoms with E-state index in [9.17, 15) is 14.0 Å². The molecule has 2 aromatic carbocycles. The van der Waals surface area contributed by atoms with E-state index in [4.69, 9.17) is 11.6 Å². The van der Waals surface area contributed by atoms with E-state index in [2.05, 4.69) is 20.5 Å². The zero-order valence-electron chi connectivity index (χ0n) is 15.9. The molecule has 0 radical (unpaired) electrons. The topological polar surface area (TPSA) is 87.2 Å². The van der Waals surface area contributed by atoms with Crippen LogP contribution in [0.1, 0.15) is 28.8 Å². The number of benzene rings is 2. The largest absolute Gasteiger partial charge is 0.356 e. The van der Waals surface area contributed by atoms with Crippen molar-refractivity contribution in [3.63, 3.8) is 0 Å². The summed E-state index contributed by atoms with van der Waals surface area (Å²) < 4.78 is 14.2. The number of H-pyrrole nitrogens is 1. The lowest BCUT2D eigenvalue weighted by molar-refractivity contribution is -0.124. The fourth-order valence-electron chi connectivity index (χ4n) is 3.51. The SMILES string of the molecule is O=C(N=C(c1cccc(Cl)c1)[C@@H]1CCCNC1=O)c1cn[nH]c1-c1ccccc1F. The number of aromatic amines is 1. The monoisotopic (exact) mass is 424 g/mol. The van der Waals surface area contributed by atoms with Crippen molar-refractivity contribution in [2.24, 2.45) is 10.9 Å². The van der Waals surface area contributed by atoms with Gasteiger partial charge in [-0.15, -0.1) is 0 Å². The summed E-state index contributed by atoms with van der Waals surface area (Å²) in [5, 5.41) is 9.86. The molecule has 1 fully saturated rings. The molecule has 1 aliphatic rings. The van der Waals surface area contributed by atoms with Gasteiger partial charge in [0, 0.05) is 17.1 Å². The van der Waals surface area contributed by atoms with E-state index in [1.807, 2.05) is 0 Å². The maximum atomic E-state index is 14.2. The van der Waals surface area contributed by atoms with Crippen LogP contribution >= 0.6 is 11.6 Å². The molecular weight excluding hydrogens is 407 g/mol. The van der Waals surface area contributed by atoms with Crippen molar-refractivity contribution in [2.75, 3.05) is 6.54 Å². The number of nitrogens with one attached hydrogen (secondary N) is 2. The van der Waals surface area contributed by atoms with Crippen molar-refractivity contribution in [1.82, 2.24) is 15.5 Å². The Morgan fingerprint density at radius 1 is 1.20 bits per heavy atom. The summed E-state index contributed by atoms with van der Waals surface area (Å²) >= 11 is 6.13. The molecule has 0 unspecified atom stereocenters. The molecule has 8 heteroatoms. The Kier molecular flexibility index (Phi) is 5.72. The predicted molar refractivity (Wildman–Crippen MR) is 112 cm³/mol. The van der Waals surface area contributed by atoms with Crippen LogP contribution in [0.25, 0.3) is 11.3 Å². The lowest BCUT2D eigenvalue weighted by Crippen LogP contribution is -2.41. The summed E-state index contributed by atoms with van der Waals surface area (Å²) in [6.45, 7) is 0.589. The molecule has 30 heavy (non-hydrogen) atoms. The van der Waals surface area contributed by atoms with E-state index >= 15 is 0 Å². The van der Waals surface area contributed by atoms with Gasteiger partial charge in [-0.05, 0) is 42.7 Å². The van der Waals surface area contributed by atoms with Crippen LogP contribution in [-0.2, 0) is 4.79 Å². The lowest BCUT2D eigenvalue weighted by atomic mass is 9.89. The molecule has 3 aromatic rings. The average molecular weight is 425 g/mol. The molecule has 1 aliphatic heterocycles. The predicted octanol–water partition coefficient (Wildman–Crippen LogP) is 4.02. The number of piperidine rings is 1. The normalized spacial score (nSPS) is 16.9. The molecule has 0 saturated carbocycles. The summed E-state index contributed by atoms with van der Waals surface area (Å²) in [5.41, 5.74) is 1.50. The number of nitrogens with zero attached hydrogens (tertiary/aromatic N) is 2. The molecular formula is C22H18ClFN4O2. The molecule has 0 aliphatic carbocycles. The molecule has 0 bridgehead atoms. The highest BCUT2D eigenvalue weighted by Crippen LogP contribution is 2.26. The van der Waals surface area contributed by atoms with Gasteiger partial charge in [-0.2, -0.15) is 5.10 Å². The number of halogens is 2. The molecule has 6 nitrogen and oxygen atoms in total. The van der Waals surface area contributed by atoms with Gasteiger partial charge in [0.2, 0.25) is 5.91 Å². The zero-order valence-corrected chi connectivity index (χ0v) is 16.6. The highest BCUT2D eigenvalue weighted by atomic mass is 35.5. The number of aliphatic imine (C=N–C) groups is 1. The fraction of sp³-hybridized carbons (Fsp3) is 0.182. The number of aromatic nitrogens is 2. The van der Waals surface area contributed by atoms with E-state index in [0.29, 0.717) is 29.3 Å². The first-order valence-electron chi connectivity index (χ1n) is 9.49. The first kappa shape index (κ1) is 20.0. The first-order valence-corrected chi connectivity index (χ1v) is 9.87. The average Bonchev–Trinajstić information content (AvgIpc) is 3.23. The molecule has 1 saturated heterocycles. The minimum atomic E-state index is -0.615. The van der Waals surface area contributed by atoms with Crippen LogP contribution in [0.15, 0.2) is 59.7 Å². The maximum Gasteiger partial charge on any atom is 0.281 e. The van der Waals surface area contributed by atoms with E-state index in [0.717, 1.165) is 6.42 Å². The smallest absolute Gasteiger partial charge is 0.281 e. The van der Waals surface area contributed by atoms with E-state index in [1.165, 1.54) is 12.3 Å². The van der Waals surface area contributed by atoms with Gasteiger partial charge < -0.3 is 5.32 Å². The third kappa shape index (κ3) is 4.02. The van der Waals surface area contributed by atoms with Crippen molar-refractivity contribution in [2.45, 2.75) is 12.8 Å². The number of hydrogen-bond acceptors (Lipinski definition) is 3. The summed E-state index contributed by atoms with van der Waals surface area (Å²) in [7, 11) is 0. The van der Waals surface area contributed by atoms with E-state index < -0.39 is 17.6 Å². The zero-order chi connectivity index (χ0) is 21.1. The summed E-state index contributed by atoms with van der Waals surface area (Å²) in [6, 6.07) is 13.0. The van der Waals surface area contributed by atoms with Crippen LogP contribution in [0.4, 0.5) is 4.39 Å². The van der Waals surface area contributed by atoms with Crippen molar-refractivity contribution in [3.05, 3.63) is 76.7 Å². The Hall–Kier alpha value is -3.32. The second kappa shape index (κ2) is 8.59. The molecule has 1 aromatic heterocycles. The summed E-state index contributed by atoms with van der Waals surface area (Å²) in [6.07, 6.45) is 2.65. The molecule has 2 amide bonds. The van der Waals surface area contributed by atoms with Crippen molar-refractivity contribution in [1.29, 1.82) is 0 Å². The Morgan fingerprint density at radius 3 is 2.80 bits per heavy atom. The third-order valence-electron chi connectivity index (χ3n) is 4.97. The summed E-state index contributed by atoms with van der Waals surface area (Å²) in [5.74, 6) is -1.86. The quantitative estimate of drug-likeness (QED) is 0.620. The fourth-order valence-corrected chi connectivity index (χ4v) is 3.70. The Morgan fingerprint density at radius 2 is 2.03 bits per heavy atom. The molecule has 152 valence electrons. The number of amides is 2. The van der Waals surface area contributed by atoms with Crippen LogP contribution < -0.4 is 5.32 Å². The van der Waals surface area contributed by atoms with Crippen LogP contribution in [0.3, 0.4) is 0 Å². The van der Waals surface area contributed by atoms with Gasteiger partial charge in [0.15, 0.2) is 0 Å². The number of carbonyl (C=O) groups is 2. The lowest BCUT2D eigenvalue weighted by Gasteiger charge is -2.23. The highest BCUT2D eigenvalue weighted by molar-refractivity contribution is 6.31. The van der Waals surface area contributed by atoms with Gasteiger partial charge in [0.1, 0.15) is 5.82 Å². The number of hydrogen-bond donors (Lipinski definition) is 2. The molecule has 2 N–H and O–H groups in total. The van der Waals surface area contributed by atoms with Gasteiger partial charge in [-0.25, -0.2) is 9.38 Å². The third-order valence-corrected chi connectivity index (χ3v) is 5.21. The molecule has 2 heterocycles. The second-order valence-corrected chi connectivity index (χ2v) is 7.37. The maximum absolute atomic E-state index is 14.2. The summed E-state index contributed by atoms with van der Waals surface area (Å²) in [4.78, 5) is 29.9. The first-order chi connectivity index (χ1) is 14.5. The van der Waals surface area contributed by atoms with Crippen molar-refractivity contribution < 1.29 is 14.0 Å². The van der Waals surface area contributed by atoms with Gasteiger partial charge in [-0.3, -0.25) is 14.7 Å². The van der Waals surface area contributed by atoms with Crippen molar-refractivity contribution >= 4 is 29.1 Å². The Bertz CT molecular complexity index is 1140. The minimum Gasteiger partial charge on any atom is -0.356 e. The van der Waals surface area contributed by atoms with E-state index in [-0.39, 0.29) is 22.7 Å². The Labute approximate surface area is 177 Å². The van der Waals surface area contributed by atoms with Crippen LogP contribution in [-0.4, -0.2) is 34.3 Å². The van der Waals surface area contributed by atoms with Gasteiger partial charge >= 0.3 is 0 Å². The van der Waals surface area contributed by atoms with Gasteiger partial charge in [0.05, 0.1) is 29.1 Å². The van der Waals surface area contributed by atoms with Crippen LogP contribution in [0, 0.1) is 11.7 Å². The second-order valence-electron chi connectivity index (χ2n) is 6.94. The van der Waals surface area contributed by atoms with Crippen LogP contribution in [0.5, 0.6) is 0 Å². The molecule has 1 atom stereocenters. The minimum absolute atomic E-state index is 0.121. The molecule has 4 rings (SSSR count). The van der Waals surface area contributed by atoms with Crippen LogP contribution in [0.2, 0.25) is 5.02 Å². The van der Waals surface area contributed by atoms with Gasteiger partial charge in [-0.1, -0.05) is 35.9 Å². The number of rotatable bonds is 4. The van der Waals surface area contributed by atoms with E-state index in [1.54, 1.807) is 42.5 Å². The highest BCUT2D eigenvalue weighted by Gasteiger charge is 2.29.